The van der Waals surface area contributed by atoms with Crippen LogP contribution >= 0.6 is 11.3 Å². The number of aromatic carboxylic acids is 1. The van der Waals surface area contributed by atoms with Crippen molar-refractivity contribution in [3.05, 3.63) is 46.2 Å². The first-order chi connectivity index (χ1) is 8.16. The van der Waals surface area contributed by atoms with E-state index in [1.165, 1.54) is 17.7 Å². The molecule has 2 aromatic rings. The summed E-state index contributed by atoms with van der Waals surface area (Å²) in [6.45, 7) is 0.681. The maximum atomic E-state index is 10.7. The summed E-state index contributed by atoms with van der Waals surface area (Å²) in [7, 11) is 0. The number of nitrogens with two attached hydrogens (primary N) is 1. The SMILES string of the molecule is Nc1cc(C(=O)O)ccc1NCc1ccsc1. The van der Waals surface area contributed by atoms with Crippen molar-refractivity contribution in [1.29, 1.82) is 0 Å². The van der Waals surface area contributed by atoms with E-state index < -0.39 is 5.97 Å². The lowest BCUT2D eigenvalue weighted by atomic mass is 10.1. The molecule has 1 heterocycles. The number of benzene rings is 1. The normalized spacial score (nSPS) is 10.1. The summed E-state index contributed by atoms with van der Waals surface area (Å²) in [5, 5.41) is 16.0. The highest BCUT2D eigenvalue weighted by Gasteiger charge is 2.05. The maximum absolute atomic E-state index is 10.7. The Bertz CT molecular complexity index is 523. The lowest BCUT2D eigenvalue weighted by molar-refractivity contribution is 0.0697. The largest absolute Gasteiger partial charge is 0.478 e. The fourth-order valence-electron chi connectivity index (χ4n) is 1.45. The van der Waals surface area contributed by atoms with Gasteiger partial charge in [0.1, 0.15) is 0 Å². The zero-order chi connectivity index (χ0) is 12.3. The molecule has 0 radical (unpaired) electrons. The zero-order valence-electron chi connectivity index (χ0n) is 9.01. The van der Waals surface area contributed by atoms with E-state index in [-0.39, 0.29) is 5.56 Å². The van der Waals surface area contributed by atoms with Gasteiger partial charge in [-0.25, -0.2) is 4.79 Å². The third kappa shape index (κ3) is 2.76. The molecule has 0 unspecified atom stereocenters. The van der Waals surface area contributed by atoms with Gasteiger partial charge in [-0.05, 0) is 40.6 Å². The van der Waals surface area contributed by atoms with E-state index in [4.69, 9.17) is 10.8 Å². The minimum absolute atomic E-state index is 0.198. The highest BCUT2D eigenvalue weighted by Crippen LogP contribution is 2.21. The number of carboxylic acids is 1. The van der Waals surface area contributed by atoms with E-state index in [1.54, 1.807) is 17.4 Å². The van der Waals surface area contributed by atoms with Crippen LogP contribution in [0.2, 0.25) is 0 Å². The van der Waals surface area contributed by atoms with Gasteiger partial charge < -0.3 is 16.2 Å². The molecule has 5 heteroatoms. The second-order valence-corrected chi connectivity index (χ2v) is 4.37. The van der Waals surface area contributed by atoms with Crippen molar-refractivity contribution >= 4 is 28.7 Å². The summed E-state index contributed by atoms with van der Waals surface area (Å²) in [6, 6.07) is 6.71. The maximum Gasteiger partial charge on any atom is 0.335 e. The Labute approximate surface area is 103 Å². The summed E-state index contributed by atoms with van der Waals surface area (Å²) < 4.78 is 0. The fraction of sp³-hybridized carbons (Fsp3) is 0.0833. The molecule has 1 aromatic heterocycles. The van der Waals surface area contributed by atoms with E-state index in [0.29, 0.717) is 12.2 Å². The monoisotopic (exact) mass is 248 g/mol. The van der Waals surface area contributed by atoms with Crippen LogP contribution in [-0.2, 0) is 6.54 Å². The van der Waals surface area contributed by atoms with E-state index in [9.17, 15) is 4.79 Å². The molecule has 0 bridgehead atoms. The molecule has 0 saturated heterocycles. The van der Waals surface area contributed by atoms with Crippen LogP contribution in [0.1, 0.15) is 15.9 Å². The number of thiophene rings is 1. The quantitative estimate of drug-likeness (QED) is 0.727. The minimum Gasteiger partial charge on any atom is -0.478 e. The second-order valence-electron chi connectivity index (χ2n) is 3.59. The van der Waals surface area contributed by atoms with Crippen LogP contribution < -0.4 is 11.1 Å². The van der Waals surface area contributed by atoms with Crippen LogP contribution in [0.3, 0.4) is 0 Å². The third-order valence-electron chi connectivity index (χ3n) is 2.36. The minimum atomic E-state index is -0.971. The highest BCUT2D eigenvalue weighted by atomic mass is 32.1. The first kappa shape index (κ1) is 11.5. The Kier molecular flexibility index (Phi) is 3.30. The van der Waals surface area contributed by atoms with Gasteiger partial charge in [0, 0.05) is 6.54 Å². The zero-order valence-corrected chi connectivity index (χ0v) is 9.83. The molecular weight excluding hydrogens is 236 g/mol. The smallest absolute Gasteiger partial charge is 0.335 e. The highest BCUT2D eigenvalue weighted by molar-refractivity contribution is 7.07. The number of nitrogen functional groups attached to an aromatic ring is 1. The van der Waals surface area contributed by atoms with Gasteiger partial charge in [0.15, 0.2) is 0 Å². The third-order valence-corrected chi connectivity index (χ3v) is 3.09. The average Bonchev–Trinajstić information content (AvgIpc) is 2.80. The Balaban J connectivity index is 2.09. The van der Waals surface area contributed by atoms with Crippen molar-refractivity contribution in [2.24, 2.45) is 0 Å². The number of hydrogen-bond donors (Lipinski definition) is 3. The standard InChI is InChI=1S/C12H12N2O2S/c13-10-5-9(12(15)16)1-2-11(10)14-6-8-3-4-17-7-8/h1-5,7,14H,6,13H2,(H,15,16). The summed E-state index contributed by atoms with van der Waals surface area (Å²) >= 11 is 1.64. The van der Waals surface area contributed by atoms with Crippen LogP contribution in [0.25, 0.3) is 0 Å². The van der Waals surface area contributed by atoms with Crippen LogP contribution in [0, 0.1) is 0 Å². The molecule has 0 aliphatic carbocycles. The molecule has 0 saturated carbocycles. The molecule has 0 amide bonds. The van der Waals surface area contributed by atoms with Crippen molar-refractivity contribution < 1.29 is 9.90 Å². The van der Waals surface area contributed by atoms with Crippen LogP contribution in [0.15, 0.2) is 35.0 Å². The molecule has 0 atom stereocenters. The first-order valence-corrected chi connectivity index (χ1v) is 5.99. The second kappa shape index (κ2) is 4.88. The van der Waals surface area contributed by atoms with Gasteiger partial charge >= 0.3 is 5.97 Å². The molecule has 88 valence electrons. The van der Waals surface area contributed by atoms with Gasteiger partial charge in [0.05, 0.1) is 16.9 Å². The number of anilines is 2. The predicted molar refractivity (Wildman–Crippen MR) is 69.5 cm³/mol. The first-order valence-electron chi connectivity index (χ1n) is 5.04. The summed E-state index contributed by atoms with van der Waals surface area (Å²) in [5.41, 5.74) is 8.35. The van der Waals surface area contributed by atoms with E-state index >= 15 is 0 Å². The Morgan fingerprint density at radius 2 is 2.24 bits per heavy atom. The Morgan fingerprint density at radius 1 is 1.41 bits per heavy atom. The van der Waals surface area contributed by atoms with Gasteiger partial charge in [0.25, 0.3) is 0 Å². The van der Waals surface area contributed by atoms with Crippen LogP contribution in [-0.4, -0.2) is 11.1 Å². The predicted octanol–water partition coefficient (Wildman–Crippen LogP) is 2.64. The number of nitrogens with one attached hydrogen (secondary N) is 1. The number of rotatable bonds is 4. The van der Waals surface area contributed by atoms with Gasteiger partial charge in [0.2, 0.25) is 0 Å². The average molecular weight is 248 g/mol. The lowest BCUT2D eigenvalue weighted by Crippen LogP contribution is -2.04. The molecule has 0 aliphatic heterocycles. The summed E-state index contributed by atoms with van der Waals surface area (Å²) in [6.07, 6.45) is 0. The molecule has 0 spiro atoms. The van der Waals surface area contributed by atoms with Gasteiger partial charge in [-0.15, -0.1) is 0 Å². The molecule has 2 rings (SSSR count). The van der Waals surface area contributed by atoms with Crippen molar-refractivity contribution in [2.75, 3.05) is 11.1 Å². The van der Waals surface area contributed by atoms with Gasteiger partial charge in [-0.3, -0.25) is 0 Å². The molecule has 0 fully saturated rings. The number of carbonyl (C=O) groups is 1. The molecule has 17 heavy (non-hydrogen) atoms. The molecule has 4 nitrogen and oxygen atoms in total. The van der Waals surface area contributed by atoms with Crippen LogP contribution in [0.4, 0.5) is 11.4 Å². The topological polar surface area (TPSA) is 75.4 Å². The lowest BCUT2D eigenvalue weighted by Gasteiger charge is -2.09. The Hall–Kier alpha value is -2.01. The van der Waals surface area contributed by atoms with Crippen LogP contribution in [0.5, 0.6) is 0 Å². The van der Waals surface area contributed by atoms with E-state index in [2.05, 4.69) is 10.7 Å². The van der Waals surface area contributed by atoms with Gasteiger partial charge in [-0.2, -0.15) is 11.3 Å². The van der Waals surface area contributed by atoms with Gasteiger partial charge in [-0.1, -0.05) is 0 Å². The summed E-state index contributed by atoms with van der Waals surface area (Å²) in [4.78, 5) is 10.7. The number of carboxylic acid groups (broad SMARTS) is 1. The van der Waals surface area contributed by atoms with Crippen molar-refractivity contribution in [3.8, 4) is 0 Å². The molecule has 0 aliphatic rings. The Morgan fingerprint density at radius 3 is 2.82 bits per heavy atom. The number of hydrogen-bond acceptors (Lipinski definition) is 4. The molecular formula is C12H12N2O2S. The van der Waals surface area contributed by atoms with Crippen molar-refractivity contribution in [2.45, 2.75) is 6.54 Å². The molecule has 4 N–H and O–H groups in total. The van der Waals surface area contributed by atoms with E-state index in [0.717, 1.165) is 5.69 Å². The fourth-order valence-corrected chi connectivity index (χ4v) is 2.12. The van der Waals surface area contributed by atoms with Crippen molar-refractivity contribution in [1.82, 2.24) is 0 Å². The summed E-state index contributed by atoms with van der Waals surface area (Å²) in [5.74, 6) is -0.971. The van der Waals surface area contributed by atoms with E-state index in [1.807, 2.05) is 11.4 Å². The molecule has 1 aromatic carbocycles. The van der Waals surface area contributed by atoms with Crippen molar-refractivity contribution in [3.63, 3.8) is 0 Å².